The second-order valence-electron chi connectivity index (χ2n) is 11.0. The summed E-state index contributed by atoms with van der Waals surface area (Å²) in [5.41, 5.74) is 0. The van der Waals surface area contributed by atoms with Gasteiger partial charge in [0.25, 0.3) is 0 Å². The highest BCUT2D eigenvalue weighted by Gasteiger charge is 2.38. The van der Waals surface area contributed by atoms with E-state index in [1.54, 1.807) is 0 Å². The van der Waals surface area contributed by atoms with Crippen molar-refractivity contribution in [1.82, 2.24) is 10.2 Å². The highest BCUT2D eigenvalue weighted by atomic mass is 16.3. The lowest BCUT2D eigenvalue weighted by Crippen LogP contribution is -2.54. The lowest BCUT2D eigenvalue weighted by Gasteiger charge is -2.47. The molecule has 0 radical (unpaired) electrons. The van der Waals surface area contributed by atoms with Crippen molar-refractivity contribution in [3.05, 3.63) is 0 Å². The van der Waals surface area contributed by atoms with Crippen molar-refractivity contribution in [2.45, 2.75) is 146 Å². The first-order valence-electron chi connectivity index (χ1n) is 13.5. The summed E-state index contributed by atoms with van der Waals surface area (Å²) >= 11 is 0. The molecular formula is C26H48N2O. The molecule has 3 heteroatoms. The highest BCUT2D eigenvalue weighted by Crippen LogP contribution is 2.36. The van der Waals surface area contributed by atoms with Crippen LogP contribution in [-0.4, -0.2) is 40.9 Å². The van der Waals surface area contributed by atoms with Crippen LogP contribution in [0.5, 0.6) is 0 Å². The molecule has 1 unspecified atom stereocenters. The first-order valence-corrected chi connectivity index (χ1v) is 13.5. The fourth-order valence-electron chi connectivity index (χ4n) is 7.08. The Bertz CT molecular complexity index is 426. The van der Waals surface area contributed by atoms with E-state index in [2.05, 4.69) is 10.2 Å². The number of rotatable bonds is 7. The van der Waals surface area contributed by atoms with Crippen LogP contribution in [0.25, 0.3) is 0 Å². The smallest absolute Gasteiger partial charge is 0.110 e. The second-order valence-corrected chi connectivity index (χ2v) is 11.0. The van der Waals surface area contributed by atoms with Gasteiger partial charge in [-0.15, -0.1) is 0 Å². The lowest BCUT2D eigenvalue weighted by atomic mass is 9.81. The van der Waals surface area contributed by atoms with Gasteiger partial charge in [-0.25, -0.2) is 0 Å². The Morgan fingerprint density at radius 2 is 1.10 bits per heavy atom. The summed E-state index contributed by atoms with van der Waals surface area (Å²) in [6.07, 6.45) is 25.7. The van der Waals surface area contributed by atoms with Gasteiger partial charge in [-0.3, -0.25) is 4.90 Å². The van der Waals surface area contributed by atoms with Gasteiger partial charge in [0.1, 0.15) is 6.23 Å². The number of hydrogen-bond donors (Lipinski definition) is 2. The third kappa shape index (κ3) is 6.20. The molecule has 0 spiro atoms. The summed E-state index contributed by atoms with van der Waals surface area (Å²) in [6, 6.07) is 2.02. The zero-order valence-corrected chi connectivity index (χ0v) is 19.0. The molecule has 4 aliphatic rings. The molecule has 4 rings (SSSR count). The van der Waals surface area contributed by atoms with Crippen molar-refractivity contribution in [1.29, 1.82) is 0 Å². The first kappa shape index (κ1) is 22.1. The van der Waals surface area contributed by atoms with E-state index in [-0.39, 0.29) is 6.23 Å². The van der Waals surface area contributed by atoms with Crippen LogP contribution in [0.1, 0.15) is 122 Å². The minimum atomic E-state index is -0.180. The average Bonchev–Trinajstić information content (AvgIpc) is 2.80. The van der Waals surface area contributed by atoms with E-state index >= 15 is 0 Å². The van der Waals surface area contributed by atoms with Gasteiger partial charge < -0.3 is 10.4 Å². The first-order chi connectivity index (χ1) is 14.3. The molecule has 0 amide bonds. The van der Waals surface area contributed by atoms with Crippen LogP contribution >= 0.6 is 0 Å². The molecule has 0 aromatic rings. The average molecular weight is 405 g/mol. The number of aliphatic hydroxyl groups excluding tert-OH is 1. The molecule has 4 aliphatic carbocycles. The Morgan fingerprint density at radius 3 is 1.62 bits per heavy atom. The zero-order valence-electron chi connectivity index (χ0n) is 19.0. The van der Waals surface area contributed by atoms with E-state index in [0.29, 0.717) is 24.0 Å². The summed E-state index contributed by atoms with van der Waals surface area (Å²) < 4.78 is 0. The number of nitrogens with one attached hydrogen (secondary N) is 1. The largest absolute Gasteiger partial charge is 0.378 e. The normalized spacial score (nSPS) is 32.5. The van der Waals surface area contributed by atoms with Crippen LogP contribution in [0.15, 0.2) is 0 Å². The van der Waals surface area contributed by atoms with E-state index in [0.717, 1.165) is 5.92 Å². The van der Waals surface area contributed by atoms with Crippen molar-refractivity contribution < 1.29 is 5.11 Å². The maximum Gasteiger partial charge on any atom is 0.110 e. The molecule has 4 fully saturated rings. The molecule has 0 aromatic carbocycles. The van der Waals surface area contributed by atoms with E-state index in [1.165, 1.54) is 129 Å². The van der Waals surface area contributed by atoms with Gasteiger partial charge in [-0.2, -0.15) is 0 Å². The molecule has 0 aromatic heterocycles. The maximum absolute atomic E-state index is 11.6. The van der Waals surface area contributed by atoms with E-state index in [9.17, 15) is 5.11 Å². The SMILES string of the molecule is OC(C1CCC(NCC2CCCCC2)CC1)N(C1CCCCC1)C1CCCCC1. The standard InChI is InChI=1S/C26H48N2O/c29-26(28(24-12-6-2-7-13-24)25-14-8-3-9-15-25)22-16-18-23(19-17-22)27-20-21-10-4-1-5-11-21/h21-27,29H,1-20H2. The molecule has 2 N–H and O–H groups in total. The number of nitrogens with zero attached hydrogens (tertiary/aromatic N) is 1. The van der Waals surface area contributed by atoms with Gasteiger partial charge >= 0.3 is 0 Å². The molecule has 0 bridgehead atoms. The predicted octanol–water partition coefficient (Wildman–Crippen LogP) is 6.00. The summed E-state index contributed by atoms with van der Waals surface area (Å²) in [5, 5.41) is 15.5. The Balaban J connectivity index is 1.28. The van der Waals surface area contributed by atoms with Crippen molar-refractivity contribution in [3.8, 4) is 0 Å². The van der Waals surface area contributed by atoms with Gasteiger partial charge in [-0.1, -0.05) is 57.8 Å². The highest BCUT2D eigenvalue weighted by molar-refractivity contribution is 4.89. The van der Waals surface area contributed by atoms with Crippen molar-refractivity contribution >= 4 is 0 Å². The van der Waals surface area contributed by atoms with Crippen LogP contribution in [0.2, 0.25) is 0 Å². The number of aliphatic hydroxyl groups is 1. The molecular weight excluding hydrogens is 356 g/mol. The minimum absolute atomic E-state index is 0.180. The summed E-state index contributed by atoms with van der Waals surface area (Å²) in [4.78, 5) is 2.67. The van der Waals surface area contributed by atoms with Gasteiger partial charge in [0.15, 0.2) is 0 Å². The van der Waals surface area contributed by atoms with Gasteiger partial charge in [0.2, 0.25) is 0 Å². The topological polar surface area (TPSA) is 35.5 Å². The lowest BCUT2D eigenvalue weighted by molar-refractivity contribution is -0.109. The van der Waals surface area contributed by atoms with Gasteiger partial charge in [0.05, 0.1) is 0 Å². The minimum Gasteiger partial charge on any atom is -0.378 e. The Labute approximate surface area is 180 Å². The quantitative estimate of drug-likeness (QED) is 0.511. The summed E-state index contributed by atoms with van der Waals surface area (Å²) in [5.74, 6) is 1.44. The summed E-state index contributed by atoms with van der Waals surface area (Å²) in [7, 11) is 0. The second kappa shape index (κ2) is 11.5. The van der Waals surface area contributed by atoms with Crippen LogP contribution in [0.4, 0.5) is 0 Å². The Morgan fingerprint density at radius 1 is 0.621 bits per heavy atom. The molecule has 0 aliphatic heterocycles. The van der Waals surface area contributed by atoms with E-state index < -0.39 is 0 Å². The monoisotopic (exact) mass is 404 g/mol. The van der Waals surface area contributed by atoms with Crippen LogP contribution in [0.3, 0.4) is 0 Å². The molecule has 168 valence electrons. The van der Waals surface area contributed by atoms with Crippen molar-refractivity contribution in [2.24, 2.45) is 11.8 Å². The van der Waals surface area contributed by atoms with Gasteiger partial charge in [-0.05, 0) is 82.6 Å². The molecule has 0 heterocycles. The Hall–Kier alpha value is -0.120. The fraction of sp³-hybridized carbons (Fsp3) is 1.00. The molecule has 3 nitrogen and oxygen atoms in total. The fourth-order valence-corrected chi connectivity index (χ4v) is 7.08. The van der Waals surface area contributed by atoms with Crippen molar-refractivity contribution in [3.63, 3.8) is 0 Å². The third-order valence-electron chi connectivity index (χ3n) is 8.91. The Kier molecular flexibility index (Phi) is 8.75. The van der Waals surface area contributed by atoms with Crippen LogP contribution < -0.4 is 5.32 Å². The third-order valence-corrected chi connectivity index (χ3v) is 8.91. The molecule has 4 saturated carbocycles. The van der Waals surface area contributed by atoms with Crippen molar-refractivity contribution in [2.75, 3.05) is 6.54 Å². The zero-order chi connectivity index (χ0) is 19.9. The maximum atomic E-state index is 11.6. The van der Waals surface area contributed by atoms with Crippen LogP contribution in [-0.2, 0) is 0 Å². The predicted molar refractivity (Wildman–Crippen MR) is 122 cm³/mol. The molecule has 29 heavy (non-hydrogen) atoms. The van der Waals surface area contributed by atoms with Gasteiger partial charge in [0, 0.05) is 18.1 Å². The van der Waals surface area contributed by atoms with Crippen LogP contribution in [0, 0.1) is 11.8 Å². The number of hydrogen-bond acceptors (Lipinski definition) is 3. The van der Waals surface area contributed by atoms with E-state index in [1.807, 2.05) is 0 Å². The molecule has 0 saturated heterocycles. The summed E-state index contributed by atoms with van der Waals surface area (Å²) in [6.45, 7) is 1.24. The molecule has 1 atom stereocenters. The van der Waals surface area contributed by atoms with E-state index in [4.69, 9.17) is 0 Å².